The molecule has 0 atom stereocenters. The molecule has 1 aliphatic rings. The normalized spacial score (nSPS) is 17.7. The number of hydrogen-bond acceptors (Lipinski definition) is 5. The lowest BCUT2D eigenvalue weighted by Gasteiger charge is -2.37. The number of nitrogens with zero attached hydrogens (tertiary/aromatic N) is 2. The molecule has 1 aliphatic carbocycles. The first-order valence-electron chi connectivity index (χ1n) is 8.47. The SMILES string of the molecule is O=S(=O)(NCC1(CCO)CCCCC1)c1ccc2nc(Cl)cnc2c1. The van der Waals surface area contributed by atoms with Gasteiger partial charge in [0.25, 0.3) is 0 Å². The molecule has 136 valence electrons. The van der Waals surface area contributed by atoms with E-state index in [1.54, 1.807) is 6.07 Å². The van der Waals surface area contributed by atoms with Crippen LogP contribution in [0.3, 0.4) is 0 Å². The van der Waals surface area contributed by atoms with Crippen LogP contribution in [0.5, 0.6) is 0 Å². The molecule has 0 unspecified atom stereocenters. The number of fused-ring (bicyclic) bond motifs is 1. The van der Waals surface area contributed by atoms with E-state index >= 15 is 0 Å². The fourth-order valence-corrected chi connectivity index (χ4v) is 4.84. The van der Waals surface area contributed by atoms with Gasteiger partial charge in [-0.3, -0.25) is 4.98 Å². The highest BCUT2D eigenvalue weighted by molar-refractivity contribution is 7.89. The van der Waals surface area contributed by atoms with E-state index in [4.69, 9.17) is 11.6 Å². The maximum absolute atomic E-state index is 12.7. The van der Waals surface area contributed by atoms with Crippen molar-refractivity contribution in [2.24, 2.45) is 5.41 Å². The molecule has 2 N–H and O–H groups in total. The van der Waals surface area contributed by atoms with Gasteiger partial charge in [0, 0.05) is 13.2 Å². The summed E-state index contributed by atoms with van der Waals surface area (Å²) in [7, 11) is -3.65. The van der Waals surface area contributed by atoms with Crippen LogP contribution in [-0.4, -0.2) is 36.6 Å². The van der Waals surface area contributed by atoms with E-state index in [-0.39, 0.29) is 22.1 Å². The number of aliphatic hydroxyl groups is 1. The smallest absolute Gasteiger partial charge is 0.240 e. The first-order valence-corrected chi connectivity index (χ1v) is 10.3. The molecule has 0 radical (unpaired) electrons. The van der Waals surface area contributed by atoms with Crippen LogP contribution >= 0.6 is 11.6 Å². The van der Waals surface area contributed by atoms with Crippen molar-refractivity contribution in [3.8, 4) is 0 Å². The van der Waals surface area contributed by atoms with Crippen LogP contribution in [-0.2, 0) is 10.0 Å². The van der Waals surface area contributed by atoms with Crippen molar-refractivity contribution in [1.29, 1.82) is 0 Å². The van der Waals surface area contributed by atoms with Crippen molar-refractivity contribution in [3.63, 3.8) is 0 Å². The molecule has 2 aromatic rings. The van der Waals surface area contributed by atoms with Crippen LogP contribution in [0, 0.1) is 5.41 Å². The zero-order valence-corrected chi connectivity index (χ0v) is 15.5. The fourth-order valence-electron chi connectivity index (χ4n) is 3.52. The number of hydrogen-bond donors (Lipinski definition) is 2. The topological polar surface area (TPSA) is 92.2 Å². The van der Waals surface area contributed by atoms with Crippen molar-refractivity contribution >= 4 is 32.7 Å². The average Bonchev–Trinajstić information content (AvgIpc) is 2.61. The molecule has 0 bridgehead atoms. The summed E-state index contributed by atoms with van der Waals surface area (Å²) in [5.74, 6) is 0. The lowest BCUT2D eigenvalue weighted by Crippen LogP contribution is -2.39. The quantitative estimate of drug-likeness (QED) is 0.800. The average molecular weight is 384 g/mol. The van der Waals surface area contributed by atoms with E-state index in [9.17, 15) is 13.5 Å². The van der Waals surface area contributed by atoms with Gasteiger partial charge < -0.3 is 5.11 Å². The van der Waals surface area contributed by atoms with Gasteiger partial charge in [-0.1, -0.05) is 30.9 Å². The number of halogens is 1. The van der Waals surface area contributed by atoms with Gasteiger partial charge in [0.15, 0.2) is 0 Å². The number of nitrogens with one attached hydrogen (secondary N) is 1. The van der Waals surface area contributed by atoms with Gasteiger partial charge in [-0.25, -0.2) is 18.1 Å². The van der Waals surface area contributed by atoms with Gasteiger partial charge in [-0.2, -0.15) is 0 Å². The predicted molar refractivity (Wildman–Crippen MR) is 97.0 cm³/mol. The second-order valence-electron chi connectivity index (χ2n) is 6.70. The number of aromatic nitrogens is 2. The summed E-state index contributed by atoms with van der Waals surface area (Å²) in [6, 6.07) is 4.61. The molecule has 1 aromatic carbocycles. The van der Waals surface area contributed by atoms with Gasteiger partial charge in [-0.05, 0) is 42.9 Å². The van der Waals surface area contributed by atoms with Crippen molar-refractivity contribution in [1.82, 2.24) is 14.7 Å². The standard InChI is InChI=1S/C17H22ClN3O3S/c18-16-11-19-15-10-13(4-5-14(15)21-16)25(23,24)20-12-17(8-9-22)6-2-1-3-7-17/h4-5,10-11,20,22H,1-3,6-9,12H2. The van der Waals surface area contributed by atoms with Crippen molar-refractivity contribution in [2.45, 2.75) is 43.4 Å². The molecule has 25 heavy (non-hydrogen) atoms. The van der Waals surface area contributed by atoms with Crippen LogP contribution < -0.4 is 4.72 Å². The first-order chi connectivity index (χ1) is 11.9. The van der Waals surface area contributed by atoms with E-state index in [0.29, 0.717) is 24.0 Å². The molecular formula is C17H22ClN3O3S. The summed E-state index contributed by atoms with van der Waals surface area (Å²) in [6.45, 7) is 0.425. The first kappa shape index (κ1) is 18.5. The summed E-state index contributed by atoms with van der Waals surface area (Å²) in [4.78, 5) is 8.40. The minimum atomic E-state index is -3.65. The zero-order chi connectivity index (χ0) is 17.9. The van der Waals surface area contributed by atoms with Crippen LogP contribution in [0.4, 0.5) is 0 Å². The van der Waals surface area contributed by atoms with Gasteiger partial charge in [-0.15, -0.1) is 0 Å². The highest BCUT2D eigenvalue weighted by Crippen LogP contribution is 2.38. The maximum Gasteiger partial charge on any atom is 0.240 e. The van der Waals surface area contributed by atoms with Gasteiger partial charge in [0.1, 0.15) is 5.15 Å². The molecule has 6 nitrogen and oxygen atoms in total. The number of rotatable bonds is 6. The Bertz CT molecular complexity index is 846. The van der Waals surface area contributed by atoms with E-state index in [1.165, 1.54) is 24.8 Å². The molecule has 1 heterocycles. The Morgan fingerprint density at radius 1 is 1.20 bits per heavy atom. The Morgan fingerprint density at radius 3 is 2.68 bits per heavy atom. The largest absolute Gasteiger partial charge is 0.396 e. The molecule has 1 fully saturated rings. The van der Waals surface area contributed by atoms with E-state index in [0.717, 1.165) is 25.7 Å². The predicted octanol–water partition coefficient (Wildman–Crippen LogP) is 2.89. The third kappa shape index (κ3) is 4.28. The van der Waals surface area contributed by atoms with Gasteiger partial charge in [0.05, 0.1) is 22.1 Å². The third-order valence-corrected chi connectivity index (χ3v) is 6.57. The van der Waals surface area contributed by atoms with Gasteiger partial charge in [0.2, 0.25) is 10.0 Å². The van der Waals surface area contributed by atoms with Crippen molar-refractivity contribution < 1.29 is 13.5 Å². The minimum Gasteiger partial charge on any atom is -0.396 e. The second-order valence-corrected chi connectivity index (χ2v) is 8.86. The van der Waals surface area contributed by atoms with Crippen molar-refractivity contribution in [3.05, 3.63) is 29.5 Å². The summed E-state index contributed by atoms with van der Waals surface area (Å²) < 4.78 is 28.1. The number of aliphatic hydroxyl groups excluding tert-OH is 1. The monoisotopic (exact) mass is 383 g/mol. The van der Waals surface area contributed by atoms with E-state index in [1.807, 2.05) is 0 Å². The second kappa shape index (κ2) is 7.53. The van der Waals surface area contributed by atoms with Crippen LogP contribution in [0.1, 0.15) is 38.5 Å². The Balaban J connectivity index is 1.80. The molecule has 1 saturated carbocycles. The minimum absolute atomic E-state index is 0.0774. The lowest BCUT2D eigenvalue weighted by atomic mass is 9.72. The summed E-state index contributed by atoms with van der Waals surface area (Å²) in [6.07, 6.45) is 7.23. The van der Waals surface area contributed by atoms with Crippen LogP contribution in [0.2, 0.25) is 5.15 Å². The zero-order valence-electron chi connectivity index (χ0n) is 13.9. The van der Waals surface area contributed by atoms with Gasteiger partial charge >= 0.3 is 0 Å². The fraction of sp³-hybridized carbons (Fsp3) is 0.529. The highest BCUT2D eigenvalue weighted by Gasteiger charge is 2.33. The molecule has 1 aromatic heterocycles. The third-order valence-electron chi connectivity index (χ3n) is 4.99. The molecule has 3 rings (SSSR count). The summed E-state index contributed by atoms with van der Waals surface area (Å²) in [5.41, 5.74) is 0.884. The highest BCUT2D eigenvalue weighted by atomic mass is 35.5. The lowest BCUT2D eigenvalue weighted by molar-refractivity contribution is 0.133. The molecular weight excluding hydrogens is 362 g/mol. The Hall–Kier alpha value is -1.28. The van der Waals surface area contributed by atoms with Crippen LogP contribution in [0.15, 0.2) is 29.3 Å². The molecule has 0 amide bonds. The molecule has 8 heteroatoms. The molecule has 0 aliphatic heterocycles. The Morgan fingerprint density at radius 2 is 1.96 bits per heavy atom. The number of sulfonamides is 1. The van der Waals surface area contributed by atoms with Crippen LogP contribution in [0.25, 0.3) is 11.0 Å². The Labute approximate surface area is 152 Å². The Kier molecular flexibility index (Phi) is 5.58. The van der Waals surface area contributed by atoms with E-state index in [2.05, 4.69) is 14.7 Å². The number of benzene rings is 1. The summed E-state index contributed by atoms with van der Waals surface area (Å²) >= 11 is 5.80. The maximum atomic E-state index is 12.7. The van der Waals surface area contributed by atoms with E-state index < -0.39 is 10.0 Å². The summed E-state index contributed by atoms with van der Waals surface area (Å²) in [5, 5.41) is 9.64. The van der Waals surface area contributed by atoms with Crippen molar-refractivity contribution in [2.75, 3.05) is 13.2 Å². The molecule has 0 spiro atoms. The molecule has 0 saturated heterocycles.